The van der Waals surface area contributed by atoms with Crippen molar-refractivity contribution in [2.45, 2.75) is 30.7 Å². The van der Waals surface area contributed by atoms with Gasteiger partial charge in [0.2, 0.25) is 0 Å². The monoisotopic (exact) mass is 270 g/mol. The molecule has 1 aromatic rings. The number of rotatable bonds is 4. The molecule has 1 aromatic carbocycles. The lowest BCUT2D eigenvalue weighted by Crippen LogP contribution is -2.29. The lowest BCUT2D eigenvalue weighted by Gasteiger charge is -2.30. The number of benzene rings is 1. The van der Waals surface area contributed by atoms with E-state index in [0.717, 1.165) is 36.5 Å². The maximum absolute atomic E-state index is 6.61. The molecule has 2 atom stereocenters. The molecule has 1 aliphatic heterocycles. The Balaban J connectivity index is 2.35. The number of methoxy groups -OCH3 is 2. The van der Waals surface area contributed by atoms with Crippen molar-refractivity contribution in [3.8, 4) is 11.5 Å². The Hall–Kier alpha value is -0.930. The molecule has 1 heterocycles. The van der Waals surface area contributed by atoms with Crippen molar-refractivity contribution >= 4 is 11.6 Å². The summed E-state index contributed by atoms with van der Waals surface area (Å²) in [5.41, 5.74) is 0.587. The van der Waals surface area contributed by atoms with E-state index in [0.29, 0.717) is 0 Å². The van der Waals surface area contributed by atoms with Gasteiger partial charge >= 0.3 is 0 Å². The smallest absolute Gasteiger partial charge is 0.123 e. The molecule has 1 saturated heterocycles. The van der Waals surface area contributed by atoms with Crippen LogP contribution in [0.3, 0.4) is 0 Å². The van der Waals surface area contributed by atoms with Crippen LogP contribution in [0.4, 0.5) is 0 Å². The highest BCUT2D eigenvalue weighted by molar-refractivity contribution is 6.21. The minimum atomic E-state index is -0.332. The fourth-order valence-corrected chi connectivity index (χ4v) is 2.71. The van der Waals surface area contributed by atoms with Crippen molar-refractivity contribution in [1.82, 2.24) is 0 Å². The highest BCUT2D eigenvalue weighted by atomic mass is 35.5. The zero-order valence-corrected chi connectivity index (χ0v) is 11.8. The molecule has 3 nitrogen and oxygen atoms in total. The zero-order chi connectivity index (χ0) is 13.2. The normalized spacial score (nSPS) is 24.9. The summed E-state index contributed by atoms with van der Waals surface area (Å²) in [6.07, 6.45) is 2.01. The van der Waals surface area contributed by atoms with Crippen molar-refractivity contribution in [3.05, 3.63) is 23.8 Å². The van der Waals surface area contributed by atoms with E-state index < -0.39 is 0 Å². The predicted molar refractivity (Wildman–Crippen MR) is 71.7 cm³/mol. The molecule has 0 amide bonds. The third kappa shape index (κ3) is 2.43. The average molecular weight is 271 g/mol. The second kappa shape index (κ2) is 5.37. The molecule has 0 spiro atoms. The molecule has 0 saturated carbocycles. The second-order valence-corrected chi connectivity index (χ2v) is 5.17. The van der Waals surface area contributed by atoms with E-state index in [-0.39, 0.29) is 11.0 Å². The SMILES string of the molecule is COc1ccc(OC)c(C(Cl)C2(C)CCCO2)c1. The molecule has 0 N–H and O–H groups in total. The van der Waals surface area contributed by atoms with Gasteiger partial charge < -0.3 is 14.2 Å². The topological polar surface area (TPSA) is 27.7 Å². The highest BCUT2D eigenvalue weighted by Gasteiger charge is 2.39. The molecule has 100 valence electrons. The second-order valence-electron chi connectivity index (χ2n) is 4.74. The van der Waals surface area contributed by atoms with Gasteiger partial charge in [-0.15, -0.1) is 11.6 Å². The van der Waals surface area contributed by atoms with E-state index in [2.05, 4.69) is 6.92 Å². The van der Waals surface area contributed by atoms with Crippen LogP contribution in [0.2, 0.25) is 0 Å². The molecule has 0 radical (unpaired) electrons. The largest absolute Gasteiger partial charge is 0.497 e. The summed E-state index contributed by atoms with van der Waals surface area (Å²) in [7, 11) is 3.29. The average Bonchev–Trinajstić information content (AvgIpc) is 2.85. The lowest BCUT2D eigenvalue weighted by atomic mass is 9.92. The molecule has 2 unspecified atom stereocenters. The predicted octanol–water partition coefficient (Wildman–Crippen LogP) is 3.55. The molecule has 1 aliphatic rings. The fourth-order valence-electron chi connectivity index (χ4n) is 2.37. The molecular weight excluding hydrogens is 252 g/mol. The van der Waals surface area contributed by atoms with Crippen LogP contribution in [0.25, 0.3) is 0 Å². The van der Waals surface area contributed by atoms with Gasteiger partial charge in [0.1, 0.15) is 11.5 Å². The van der Waals surface area contributed by atoms with E-state index in [1.807, 2.05) is 18.2 Å². The Kier molecular flexibility index (Phi) is 4.03. The van der Waals surface area contributed by atoms with Gasteiger partial charge in [-0.25, -0.2) is 0 Å². The first-order valence-electron chi connectivity index (χ1n) is 6.10. The van der Waals surface area contributed by atoms with Crippen LogP contribution in [-0.2, 0) is 4.74 Å². The maximum Gasteiger partial charge on any atom is 0.123 e. The highest BCUT2D eigenvalue weighted by Crippen LogP contribution is 2.45. The van der Waals surface area contributed by atoms with E-state index >= 15 is 0 Å². The fraction of sp³-hybridized carbons (Fsp3) is 0.571. The molecule has 0 aromatic heterocycles. The third-order valence-electron chi connectivity index (χ3n) is 3.50. The number of hydrogen-bond donors (Lipinski definition) is 0. The summed E-state index contributed by atoms with van der Waals surface area (Å²) < 4.78 is 16.4. The summed E-state index contributed by atoms with van der Waals surface area (Å²) in [5.74, 6) is 1.55. The van der Waals surface area contributed by atoms with E-state index in [9.17, 15) is 0 Å². The summed E-state index contributed by atoms with van der Waals surface area (Å²) >= 11 is 6.61. The van der Waals surface area contributed by atoms with Crippen molar-refractivity contribution < 1.29 is 14.2 Å². The van der Waals surface area contributed by atoms with Gasteiger partial charge in [0.15, 0.2) is 0 Å². The van der Waals surface area contributed by atoms with Gasteiger partial charge in [-0.05, 0) is 38.0 Å². The van der Waals surface area contributed by atoms with Gasteiger partial charge in [0.25, 0.3) is 0 Å². The molecule has 0 bridgehead atoms. The molecule has 0 aliphatic carbocycles. The first kappa shape index (κ1) is 13.5. The van der Waals surface area contributed by atoms with Crippen LogP contribution in [-0.4, -0.2) is 26.4 Å². The minimum absolute atomic E-state index is 0.245. The molecule has 4 heteroatoms. The van der Waals surface area contributed by atoms with Crippen LogP contribution < -0.4 is 9.47 Å². The third-order valence-corrected chi connectivity index (χ3v) is 4.19. The van der Waals surface area contributed by atoms with Gasteiger partial charge in [-0.3, -0.25) is 0 Å². The van der Waals surface area contributed by atoms with Crippen molar-refractivity contribution in [2.75, 3.05) is 20.8 Å². The van der Waals surface area contributed by atoms with Crippen LogP contribution in [0.1, 0.15) is 30.7 Å². The van der Waals surface area contributed by atoms with E-state index in [4.69, 9.17) is 25.8 Å². The van der Waals surface area contributed by atoms with Crippen LogP contribution in [0, 0.1) is 0 Å². The van der Waals surface area contributed by atoms with Crippen LogP contribution >= 0.6 is 11.6 Å². The number of ether oxygens (including phenoxy) is 3. The summed E-state index contributed by atoms with van der Waals surface area (Å²) in [6, 6.07) is 5.66. The molecule has 1 fully saturated rings. The van der Waals surface area contributed by atoms with Crippen molar-refractivity contribution in [3.63, 3.8) is 0 Å². The number of alkyl halides is 1. The van der Waals surface area contributed by atoms with Gasteiger partial charge in [0, 0.05) is 12.2 Å². The standard InChI is InChI=1S/C14H19ClO3/c1-14(7-4-8-18-14)13(15)11-9-10(16-2)5-6-12(11)17-3/h5-6,9,13H,4,7-8H2,1-3H3. The first-order valence-corrected chi connectivity index (χ1v) is 6.54. The van der Waals surface area contributed by atoms with Gasteiger partial charge in [0.05, 0.1) is 25.2 Å². The molecule has 2 rings (SSSR count). The van der Waals surface area contributed by atoms with Crippen LogP contribution in [0.15, 0.2) is 18.2 Å². The Morgan fingerprint density at radius 2 is 2.11 bits per heavy atom. The Morgan fingerprint density at radius 1 is 1.33 bits per heavy atom. The van der Waals surface area contributed by atoms with Crippen molar-refractivity contribution in [2.24, 2.45) is 0 Å². The van der Waals surface area contributed by atoms with E-state index in [1.165, 1.54) is 0 Å². The van der Waals surface area contributed by atoms with E-state index in [1.54, 1.807) is 14.2 Å². The molecular formula is C14H19ClO3. The Bertz CT molecular complexity index is 414. The quantitative estimate of drug-likeness (QED) is 0.783. The Labute approximate surface area is 113 Å². The number of halogens is 1. The van der Waals surface area contributed by atoms with Gasteiger partial charge in [-0.2, -0.15) is 0 Å². The Morgan fingerprint density at radius 3 is 2.67 bits per heavy atom. The van der Waals surface area contributed by atoms with Gasteiger partial charge in [-0.1, -0.05) is 0 Å². The summed E-state index contributed by atoms with van der Waals surface area (Å²) in [5, 5.41) is -0.245. The first-order chi connectivity index (χ1) is 8.60. The summed E-state index contributed by atoms with van der Waals surface area (Å²) in [6.45, 7) is 2.82. The lowest BCUT2D eigenvalue weighted by molar-refractivity contribution is 0.0159. The van der Waals surface area contributed by atoms with Crippen molar-refractivity contribution in [1.29, 1.82) is 0 Å². The van der Waals surface area contributed by atoms with Crippen LogP contribution in [0.5, 0.6) is 11.5 Å². The minimum Gasteiger partial charge on any atom is -0.497 e. The maximum atomic E-state index is 6.61. The molecule has 18 heavy (non-hydrogen) atoms. The number of hydrogen-bond acceptors (Lipinski definition) is 3. The summed E-state index contributed by atoms with van der Waals surface area (Å²) in [4.78, 5) is 0. The zero-order valence-electron chi connectivity index (χ0n) is 11.0.